The van der Waals surface area contributed by atoms with E-state index in [-0.39, 0.29) is 11.2 Å². The summed E-state index contributed by atoms with van der Waals surface area (Å²) >= 11 is 1.61. The Morgan fingerprint density at radius 2 is 2.00 bits per heavy atom. The minimum absolute atomic E-state index is 0.200. The Hall–Kier alpha value is -0.710. The summed E-state index contributed by atoms with van der Waals surface area (Å²) in [5, 5.41) is 1.91. The highest BCUT2D eigenvalue weighted by atomic mass is 32.2. The number of primary amides is 1. The van der Waals surface area contributed by atoms with Crippen LogP contribution in [0.5, 0.6) is 0 Å². The summed E-state index contributed by atoms with van der Waals surface area (Å²) < 4.78 is 0. The maximum atomic E-state index is 11.4. The summed E-state index contributed by atoms with van der Waals surface area (Å²) in [6.07, 6.45) is 6.52. The minimum Gasteiger partial charge on any atom is -0.351 e. The molecule has 0 saturated heterocycles. The van der Waals surface area contributed by atoms with Crippen molar-refractivity contribution >= 4 is 23.7 Å². The topological polar surface area (TPSA) is 72.2 Å². The molecule has 0 bridgehead atoms. The van der Waals surface area contributed by atoms with Crippen LogP contribution in [0.25, 0.3) is 0 Å². The first kappa shape index (κ1) is 13.4. The molecule has 0 aromatic rings. The van der Waals surface area contributed by atoms with Gasteiger partial charge in [0.25, 0.3) is 0 Å². The van der Waals surface area contributed by atoms with Crippen LogP contribution < -0.4 is 11.1 Å². The maximum absolute atomic E-state index is 11.4. The van der Waals surface area contributed by atoms with Gasteiger partial charge in [0.05, 0.1) is 5.25 Å². The van der Waals surface area contributed by atoms with Crippen molar-refractivity contribution in [3.8, 4) is 0 Å². The summed E-state index contributed by atoms with van der Waals surface area (Å²) in [6, 6.07) is -0.768. The molecule has 0 unspecified atom stereocenters. The zero-order valence-corrected chi connectivity index (χ0v) is 10.5. The minimum atomic E-state index is -0.768. The highest BCUT2D eigenvalue weighted by Crippen LogP contribution is 2.28. The molecule has 3 amide bonds. The van der Waals surface area contributed by atoms with E-state index in [1.54, 1.807) is 11.8 Å². The van der Waals surface area contributed by atoms with Crippen LogP contribution in [0.1, 0.15) is 39.0 Å². The number of nitrogens with two attached hydrogens (primary N) is 1. The molecule has 0 heterocycles. The van der Waals surface area contributed by atoms with Crippen molar-refractivity contribution in [1.29, 1.82) is 0 Å². The lowest BCUT2D eigenvalue weighted by molar-refractivity contribution is -0.119. The van der Waals surface area contributed by atoms with Gasteiger partial charge in [0.2, 0.25) is 5.91 Å². The second-order valence-electron chi connectivity index (χ2n) is 4.33. The number of hydrogen-bond acceptors (Lipinski definition) is 3. The van der Waals surface area contributed by atoms with Crippen molar-refractivity contribution in [3.63, 3.8) is 0 Å². The SMILES string of the molecule is C[C@@H](SCC1CCCCC1)C(=O)NC(N)=O. The van der Waals surface area contributed by atoms with Crippen molar-refractivity contribution in [2.24, 2.45) is 11.7 Å². The van der Waals surface area contributed by atoms with Gasteiger partial charge in [-0.15, -0.1) is 11.8 Å². The maximum Gasteiger partial charge on any atom is 0.318 e. The van der Waals surface area contributed by atoms with Gasteiger partial charge in [-0.2, -0.15) is 0 Å². The van der Waals surface area contributed by atoms with Crippen molar-refractivity contribution in [2.75, 3.05) is 5.75 Å². The van der Waals surface area contributed by atoms with Crippen LogP contribution in [0.3, 0.4) is 0 Å². The Kier molecular flexibility index (Phi) is 5.66. The fourth-order valence-electron chi connectivity index (χ4n) is 1.93. The average Bonchev–Trinajstić information content (AvgIpc) is 2.26. The molecule has 1 atom stereocenters. The molecule has 0 aliphatic heterocycles. The molecule has 0 radical (unpaired) electrons. The molecule has 92 valence electrons. The Morgan fingerprint density at radius 3 is 2.56 bits per heavy atom. The predicted molar refractivity (Wildman–Crippen MR) is 66.2 cm³/mol. The summed E-state index contributed by atoms with van der Waals surface area (Å²) in [6.45, 7) is 1.81. The molecule has 1 saturated carbocycles. The molecule has 0 aromatic carbocycles. The van der Waals surface area contributed by atoms with E-state index in [1.807, 2.05) is 6.92 Å². The molecule has 1 fully saturated rings. The van der Waals surface area contributed by atoms with Gasteiger partial charge in [0.1, 0.15) is 0 Å². The number of carbonyl (C=O) groups excluding carboxylic acids is 2. The van der Waals surface area contributed by atoms with Crippen LogP contribution in [0.15, 0.2) is 0 Å². The normalized spacial score (nSPS) is 19.1. The van der Waals surface area contributed by atoms with E-state index in [1.165, 1.54) is 32.1 Å². The molecular weight excluding hydrogens is 224 g/mol. The number of thioether (sulfide) groups is 1. The molecule has 1 aliphatic rings. The largest absolute Gasteiger partial charge is 0.351 e. The van der Waals surface area contributed by atoms with E-state index in [4.69, 9.17) is 5.73 Å². The Morgan fingerprint density at radius 1 is 1.38 bits per heavy atom. The van der Waals surface area contributed by atoms with Gasteiger partial charge in [0.15, 0.2) is 0 Å². The lowest BCUT2D eigenvalue weighted by Gasteiger charge is -2.22. The monoisotopic (exact) mass is 244 g/mol. The van der Waals surface area contributed by atoms with Crippen LogP contribution in [0, 0.1) is 5.92 Å². The van der Waals surface area contributed by atoms with Gasteiger partial charge in [0, 0.05) is 0 Å². The molecule has 5 heteroatoms. The number of imide groups is 1. The first-order valence-electron chi connectivity index (χ1n) is 5.81. The number of nitrogens with one attached hydrogen (secondary N) is 1. The van der Waals surface area contributed by atoms with Crippen LogP contribution in [-0.2, 0) is 4.79 Å². The summed E-state index contributed by atoms with van der Waals surface area (Å²) in [5.41, 5.74) is 4.89. The fourth-order valence-corrected chi connectivity index (χ4v) is 3.04. The standard InChI is InChI=1S/C11H20N2O2S/c1-8(10(14)13-11(12)15)16-7-9-5-3-2-4-6-9/h8-9H,2-7H2,1H3,(H3,12,13,14,15)/t8-/m1/s1. The Balaban J connectivity index is 2.20. The lowest BCUT2D eigenvalue weighted by atomic mass is 9.91. The van der Waals surface area contributed by atoms with Crippen molar-refractivity contribution in [2.45, 2.75) is 44.3 Å². The number of carbonyl (C=O) groups is 2. The van der Waals surface area contributed by atoms with Crippen LogP contribution in [0.4, 0.5) is 4.79 Å². The third kappa shape index (κ3) is 4.88. The van der Waals surface area contributed by atoms with Gasteiger partial charge in [-0.1, -0.05) is 19.3 Å². The quantitative estimate of drug-likeness (QED) is 0.793. The zero-order chi connectivity index (χ0) is 12.0. The third-order valence-electron chi connectivity index (χ3n) is 2.92. The molecule has 0 spiro atoms. The number of urea groups is 1. The zero-order valence-electron chi connectivity index (χ0n) is 9.70. The third-order valence-corrected chi connectivity index (χ3v) is 4.30. The van der Waals surface area contributed by atoms with E-state index in [0.717, 1.165) is 11.7 Å². The fraction of sp³-hybridized carbons (Fsp3) is 0.818. The van der Waals surface area contributed by atoms with Crippen LogP contribution in [0.2, 0.25) is 0 Å². The first-order valence-corrected chi connectivity index (χ1v) is 6.86. The summed E-state index contributed by atoms with van der Waals surface area (Å²) in [5.74, 6) is 1.46. The van der Waals surface area contributed by atoms with Gasteiger partial charge >= 0.3 is 6.03 Å². The molecule has 0 aromatic heterocycles. The Labute approximate surface area is 101 Å². The van der Waals surface area contributed by atoms with Gasteiger partial charge in [-0.3, -0.25) is 10.1 Å². The molecule has 4 nitrogen and oxygen atoms in total. The predicted octanol–water partition coefficient (Wildman–Crippen LogP) is 1.88. The molecular formula is C11H20N2O2S. The Bertz CT molecular complexity index is 252. The highest BCUT2D eigenvalue weighted by Gasteiger charge is 2.19. The molecule has 3 N–H and O–H groups in total. The van der Waals surface area contributed by atoms with E-state index in [2.05, 4.69) is 5.32 Å². The number of rotatable bonds is 4. The lowest BCUT2D eigenvalue weighted by Crippen LogP contribution is -2.39. The average molecular weight is 244 g/mol. The molecule has 1 rings (SSSR count). The van der Waals surface area contributed by atoms with Crippen LogP contribution >= 0.6 is 11.8 Å². The van der Waals surface area contributed by atoms with Gasteiger partial charge < -0.3 is 5.73 Å². The van der Waals surface area contributed by atoms with Crippen LogP contribution in [-0.4, -0.2) is 22.9 Å². The second-order valence-corrected chi connectivity index (χ2v) is 5.71. The van der Waals surface area contributed by atoms with E-state index >= 15 is 0 Å². The number of amides is 3. The highest BCUT2D eigenvalue weighted by molar-refractivity contribution is 8.00. The van der Waals surface area contributed by atoms with Gasteiger partial charge in [-0.05, 0) is 31.4 Å². The number of hydrogen-bond donors (Lipinski definition) is 2. The molecule has 16 heavy (non-hydrogen) atoms. The molecule has 1 aliphatic carbocycles. The van der Waals surface area contributed by atoms with Crippen molar-refractivity contribution in [3.05, 3.63) is 0 Å². The smallest absolute Gasteiger partial charge is 0.318 e. The van der Waals surface area contributed by atoms with E-state index in [9.17, 15) is 9.59 Å². The van der Waals surface area contributed by atoms with E-state index < -0.39 is 6.03 Å². The summed E-state index contributed by atoms with van der Waals surface area (Å²) in [4.78, 5) is 21.9. The second kappa shape index (κ2) is 6.78. The first-order chi connectivity index (χ1) is 7.59. The summed E-state index contributed by atoms with van der Waals surface area (Å²) in [7, 11) is 0. The van der Waals surface area contributed by atoms with Crippen molar-refractivity contribution in [1.82, 2.24) is 5.32 Å². The van der Waals surface area contributed by atoms with Gasteiger partial charge in [-0.25, -0.2) is 4.79 Å². The van der Waals surface area contributed by atoms with E-state index in [0.29, 0.717) is 0 Å². The van der Waals surface area contributed by atoms with Crippen molar-refractivity contribution < 1.29 is 9.59 Å².